The van der Waals surface area contributed by atoms with Crippen molar-refractivity contribution in [3.63, 3.8) is 0 Å². The van der Waals surface area contributed by atoms with Crippen molar-refractivity contribution in [1.29, 1.82) is 0 Å². The first kappa shape index (κ1) is 75.5. The summed E-state index contributed by atoms with van der Waals surface area (Å²) >= 11 is 0. The van der Waals surface area contributed by atoms with Crippen molar-refractivity contribution in [2.75, 3.05) is 52.4 Å². The predicted octanol–water partition coefficient (Wildman–Crippen LogP) is 1.94. The van der Waals surface area contributed by atoms with Crippen molar-refractivity contribution >= 4 is 53.5 Å². The van der Waals surface area contributed by atoms with E-state index in [9.17, 15) is 43.2 Å². The van der Waals surface area contributed by atoms with Crippen molar-refractivity contribution in [3.05, 3.63) is 77.2 Å². The topological polar surface area (TPSA) is 622 Å². The molecule has 0 aliphatic carbocycles. The second kappa shape index (κ2) is 44.1. The van der Waals surface area contributed by atoms with Gasteiger partial charge in [0.05, 0.1) is 24.7 Å². The molecule has 466 valence electrons. The van der Waals surface area contributed by atoms with Crippen LogP contribution in [0.5, 0.6) is 0 Å². The summed E-state index contributed by atoms with van der Waals surface area (Å²) in [6.07, 6.45) is 8.77. The lowest BCUT2D eigenvalue weighted by Gasteiger charge is -2.17. The van der Waals surface area contributed by atoms with E-state index in [1.165, 1.54) is 4.90 Å². The van der Waals surface area contributed by atoms with Crippen LogP contribution in [0.2, 0.25) is 0 Å². The summed E-state index contributed by atoms with van der Waals surface area (Å²) in [6, 6.07) is 0.969. The lowest BCUT2D eigenvalue weighted by atomic mass is 10.0. The number of rotatable bonds is 30. The second-order valence-corrected chi connectivity index (χ2v) is 19.4. The molecule has 0 bridgehead atoms. The summed E-state index contributed by atoms with van der Waals surface area (Å²) in [7, 11) is 0. The van der Waals surface area contributed by atoms with E-state index in [2.05, 4.69) is 63.0 Å². The molecule has 4 amide bonds. The molecule has 84 heavy (non-hydrogen) atoms. The number of aliphatic carboxylic acids is 5. The van der Waals surface area contributed by atoms with E-state index in [1.807, 2.05) is 0 Å². The molecule has 1 aromatic carbocycles. The van der Waals surface area contributed by atoms with Gasteiger partial charge in [-0.2, -0.15) is 0 Å². The maximum absolute atomic E-state index is 11.8. The van der Waals surface area contributed by atoms with Crippen LogP contribution in [-0.2, 0) is 51.3 Å². The molecule has 4 unspecified atom stereocenters. The highest BCUT2D eigenvalue weighted by Gasteiger charge is 2.30. The number of nitrogens with zero attached hydrogens (tertiary/aromatic N) is 14. The third-order valence-corrected chi connectivity index (χ3v) is 12.6. The highest BCUT2D eigenvalue weighted by Crippen LogP contribution is 2.18. The minimum atomic E-state index is -1.17. The number of nitrogens with two attached hydrogens (primary N) is 5. The van der Waals surface area contributed by atoms with Crippen LogP contribution in [0.15, 0.2) is 44.7 Å². The lowest BCUT2D eigenvalue weighted by molar-refractivity contribution is -0.140. The number of hydrogen-bond acceptors (Lipinski definition) is 19. The van der Waals surface area contributed by atoms with Gasteiger partial charge in [0.15, 0.2) is 0 Å². The fourth-order valence-corrected chi connectivity index (χ4v) is 7.63. The largest absolute Gasteiger partial charge is 0.480 e. The molecule has 4 rings (SSSR count). The summed E-state index contributed by atoms with van der Waals surface area (Å²) in [5.41, 5.74) is 61.1. The highest BCUT2D eigenvalue weighted by molar-refractivity contribution is 5.83. The summed E-state index contributed by atoms with van der Waals surface area (Å²) in [6.45, 7) is 4.97. The van der Waals surface area contributed by atoms with Gasteiger partial charge >= 0.3 is 35.9 Å². The first-order valence-electron chi connectivity index (χ1n) is 26.8. The van der Waals surface area contributed by atoms with E-state index in [4.69, 9.17) is 76.3 Å². The molecule has 18 N–H and O–H groups in total. The fourth-order valence-electron chi connectivity index (χ4n) is 7.63. The molecule has 0 saturated carbocycles. The van der Waals surface area contributed by atoms with Crippen LogP contribution in [0, 0.1) is 5.92 Å². The smallest absolute Gasteiger partial charge is 0.322 e. The SMILES string of the molecule is CCCCC(=O)CCCCC[C@H](N)C(=O)O.[N-]=[N+]=NC1CCN(C(=O)NC[C@H](N)C(=O)O)C1.[N-]=[N+]=NC1CNC(C(=O)NC[C@H](N)C(=O)O)C1.[N-]=[N+]=NCC1CCN(C(=O)CC[C@H](N)C(=O)O)C1.[N-]=[N+]=NCc1ccc(C[C@H](N)C(=O)O)cc1. The Labute approximate surface area is 483 Å². The van der Waals surface area contributed by atoms with E-state index in [1.54, 1.807) is 29.2 Å². The summed E-state index contributed by atoms with van der Waals surface area (Å²) in [5.74, 6) is -5.28. The molecule has 3 saturated heterocycles. The maximum atomic E-state index is 11.8. The monoisotopic (exact) mass is 1190 g/mol. The van der Waals surface area contributed by atoms with Crippen molar-refractivity contribution < 1.29 is 68.7 Å². The Hall–Kier alpha value is -8.55. The number of azide groups is 4. The molecule has 3 fully saturated rings. The van der Waals surface area contributed by atoms with Crippen LogP contribution in [0.25, 0.3) is 41.8 Å². The maximum Gasteiger partial charge on any atom is 0.322 e. The van der Waals surface area contributed by atoms with Crippen LogP contribution < -0.4 is 44.6 Å². The number of amides is 4. The van der Waals surface area contributed by atoms with Crippen molar-refractivity contribution in [1.82, 2.24) is 25.8 Å². The zero-order valence-electron chi connectivity index (χ0n) is 46.8. The Balaban J connectivity index is 0.00000103. The summed E-state index contributed by atoms with van der Waals surface area (Å²) in [5, 5.41) is 64.5. The number of carbonyl (C=O) groups excluding carboxylic acids is 4. The Morgan fingerprint density at radius 3 is 1.71 bits per heavy atom. The molecule has 1 aromatic rings. The third-order valence-electron chi connectivity index (χ3n) is 12.6. The predicted molar refractivity (Wildman–Crippen MR) is 301 cm³/mol. The number of carboxylic acids is 5. The number of nitrogens with one attached hydrogen (secondary N) is 3. The van der Waals surface area contributed by atoms with Crippen LogP contribution in [-0.4, -0.2) is 190 Å². The molecule has 36 nitrogen and oxygen atoms in total. The van der Waals surface area contributed by atoms with E-state index < -0.39 is 72.1 Å². The number of Topliss-reactive ketones (excluding diaryl/α,β-unsaturated/α-hetero) is 1. The van der Waals surface area contributed by atoms with E-state index in [-0.39, 0.29) is 62.2 Å². The van der Waals surface area contributed by atoms with Gasteiger partial charge in [0.2, 0.25) is 11.8 Å². The molecule has 0 spiro atoms. The van der Waals surface area contributed by atoms with Crippen molar-refractivity contribution in [2.45, 2.75) is 152 Å². The Morgan fingerprint density at radius 2 is 1.15 bits per heavy atom. The summed E-state index contributed by atoms with van der Waals surface area (Å²) in [4.78, 5) is 112. The Morgan fingerprint density at radius 1 is 0.619 bits per heavy atom. The molecular weight excluding hydrogens is 1110 g/mol. The summed E-state index contributed by atoms with van der Waals surface area (Å²) < 4.78 is 0. The van der Waals surface area contributed by atoms with Gasteiger partial charge in [-0.15, -0.1) is 0 Å². The minimum absolute atomic E-state index is 0.0878. The Bertz CT molecular complexity index is 2400. The lowest BCUT2D eigenvalue weighted by Crippen LogP contribution is -2.47. The number of hydrogen-bond donors (Lipinski definition) is 13. The van der Waals surface area contributed by atoms with Gasteiger partial charge in [0.25, 0.3) is 0 Å². The van der Waals surface area contributed by atoms with Gasteiger partial charge in [-0.05, 0) is 90.5 Å². The van der Waals surface area contributed by atoms with E-state index in [0.29, 0.717) is 83.7 Å². The number of ketones is 1. The number of unbranched alkanes of at least 4 members (excludes halogenated alkanes) is 3. The highest BCUT2D eigenvalue weighted by atomic mass is 16.4. The van der Waals surface area contributed by atoms with Crippen LogP contribution in [0.4, 0.5) is 4.79 Å². The average Bonchev–Trinajstić information content (AvgIpc) is 4.37. The number of carbonyl (C=O) groups is 9. The molecule has 9 atom stereocenters. The third kappa shape index (κ3) is 34.7. The molecule has 3 aliphatic rings. The van der Waals surface area contributed by atoms with Crippen LogP contribution in [0.1, 0.15) is 102 Å². The van der Waals surface area contributed by atoms with Gasteiger partial charge in [-0.1, -0.05) is 70.9 Å². The number of urea groups is 1. The van der Waals surface area contributed by atoms with Crippen molar-refractivity contribution in [3.8, 4) is 0 Å². The minimum Gasteiger partial charge on any atom is -0.480 e. The zero-order chi connectivity index (χ0) is 63.6. The van der Waals surface area contributed by atoms with Gasteiger partial charge in [0, 0.05) is 91.3 Å². The standard InChI is InChI=1S/C12H23NO3.C10H17N5O3.C10H12N4O2.2C8H14N6O3/c1-2-3-7-10(14)8-5-4-6-9-11(13)12(15)16;11-8(10(17)18)1-2-9(16)15-4-3-7(6-15)5-13-14-12;11-9(10(15)16)5-7-1-3-8(4-2-7)6-13-14-12;9-5(8(16)17)3-12-7(15)6-1-4(2-11-6)13-14-10;9-6(7(15)16)3-11-8(17)14-2-1-5(4-14)12-13-10/h11H,2-9,13H2,1H3,(H,15,16);7-8H,1-6,11H2,(H,17,18);1-4,9H,5-6,11H2,(H,15,16);4-6,11H,1-3,9H2,(H,12,15)(H,16,17);5-6H,1-4,9H2,(H,11,17)(H,15,16)/t11-;7?,8-;9-;4?,5-,6?;5?,6-/m00000/s1. The quantitative estimate of drug-likeness (QED) is 0.0226. The average molecular weight is 1190 g/mol. The molecular formula is C48H80N22O14. The van der Waals surface area contributed by atoms with Gasteiger partial charge in [-0.25, -0.2) is 4.79 Å². The number of likely N-dealkylation sites (tertiary alicyclic amines) is 2. The fraction of sp³-hybridized carbons (Fsp3) is 0.688. The molecule has 0 radical (unpaired) electrons. The van der Waals surface area contributed by atoms with Gasteiger partial charge in [-0.3, -0.25) is 38.4 Å². The van der Waals surface area contributed by atoms with Crippen LogP contribution >= 0.6 is 0 Å². The zero-order valence-corrected chi connectivity index (χ0v) is 46.8. The van der Waals surface area contributed by atoms with E-state index >= 15 is 0 Å². The van der Waals surface area contributed by atoms with E-state index in [0.717, 1.165) is 49.7 Å². The number of carboxylic acid groups (broad SMARTS) is 5. The second-order valence-electron chi connectivity index (χ2n) is 19.4. The van der Waals surface area contributed by atoms with Gasteiger partial charge < -0.3 is 80.0 Å². The van der Waals surface area contributed by atoms with Gasteiger partial charge in [0.1, 0.15) is 36.0 Å². The Kier molecular flexibility index (Phi) is 39.6. The van der Waals surface area contributed by atoms with Crippen molar-refractivity contribution in [2.24, 2.45) is 55.0 Å². The molecule has 3 heterocycles. The number of benzene rings is 1. The molecule has 3 aliphatic heterocycles. The first-order chi connectivity index (χ1) is 39.8. The molecule has 0 aromatic heterocycles. The molecule has 36 heteroatoms. The normalized spacial score (nSPS) is 18.1. The first-order valence-corrected chi connectivity index (χ1v) is 26.8. The van der Waals surface area contributed by atoms with Crippen LogP contribution in [0.3, 0.4) is 0 Å².